The molecule has 0 heterocycles. The normalized spacial score (nSPS) is 19.1. The van der Waals surface area contributed by atoms with E-state index in [-0.39, 0.29) is 23.8 Å². The predicted molar refractivity (Wildman–Crippen MR) is 55.0 cm³/mol. The standard InChI is InChI=1S/C10H18N2O3/c1-7(12-8(2)14)9(15)11-5-10(6-13)3-4-10/h7,13H,3-6H2,1-2H3,(H,11,15)(H,12,14). The Kier molecular flexibility index (Phi) is 3.68. The van der Waals surface area contributed by atoms with E-state index in [2.05, 4.69) is 10.6 Å². The van der Waals surface area contributed by atoms with Crippen molar-refractivity contribution < 1.29 is 14.7 Å². The van der Waals surface area contributed by atoms with Gasteiger partial charge in [-0.25, -0.2) is 0 Å². The van der Waals surface area contributed by atoms with Gasteiger partial charge in [0.25, 0.3) is 0 Å². The Balaban J connectivity index is 2.26. The van der Waals surface area contributed by atoms with Crippen LogP contribution >= 0.6 is 0 Å². The van der Waals surface area contributed by atoms with E-state index in [1.54, 1.807) is 6.92 Å². The monoisotopic (exact) mass is 214 g/mol. The minimum atomic E-state index is -0.517. The van der Waals surface area contributed by atoms with Crippen molar-refractivity contribution in [2.24, 2.45) is 5.41 Å². The number of carbonyl (C=O) groups excluding carboxylic acids is 2. The molecule has 5 nitrogen and oxygen atoms in total. The van der Waals surface area contributed by atoms with Crippen LogP contribution in [0, 0.1) is 5.41 Å². The number of aliphatic hydroxyl groups is 1. The van der Waals surface area contributed by atoms with E-state index in [4.69, 9.17) is 5.11 Å². The van der Waals surface area contributed by atoms with Crippen LogP contribution in [-0.4, -0.2) is 36.1 Å². The van der Waals surface area contributed by atoms with Crippen molar-refractivity contribution in [3.05, 3.63) is 0 Å². The molecule has 1 aliphatic rings. The zero-order valence-electron chi connectivity index (χ0n) is 9.17. The van der Waals surface area contributed by atoms with Crippen LogP contribution in [0.25, 0.3) is 0 Å². The van der Waals surface area contributed by atoms with Crippen LogP contribution in [0.15, 0.2) is 0 Å². The molecule has 0 aliphatic heterocycles. The number of amides is 2. The smallest absolute Gasteiger partial charge is 0.242 e. The van der Waals surface area contributed by atoms with Gasteiger partial charge in [-0.15, -0.1) is 0 Å². The quantitative estimate of drug-likeness (QED) is 0.572. The van der Waals surface area contributed by atoms with Crippen molar-refractivity contribution in [1.29, 1.82) is 0 Å². The minimum absolute atomic E-state index is 0.0917. The molecule has 1 rings (SSSR count). The van der Waals surface area contributed by atoms with Crippen molar-refractivity contribution in [2.45, 2.75) is 32.7 Å². The first-order valence-electron chi connectivity index (χ1n) is 5.15. The van der Waals surface area contributed by atoms with Gasteiger partial charge < -0.3 is 15.7 Å². The van der Waals surface area contributed by atoms with Gasteiger partial charge in [-0.05, 0) is 19.8 Å². The third-order valence-corrected chi connectivity index (χ3v) is 2.74. The van der Waals surface area contributed by atoms with E-state index in [0.29, 0.717) is 6.54 Å². The van der Waals surface area contributed by atoms with E-state index in [1.165, 1.54) is 6.92 Å². The maximum absolute atomic E-state index is 11.5. The lowest BCUT2D eigenvalue weighted by Gasteiger charge is -2.16. The van der Waals surface area contributed by atoms with Crippen LogP contribution in [0.3, 0.4) is 0 Å². The van der Waals surface area contributed by atoms with Crippen LogP contribution in [0.2, 0.25) is 0 Å². The fourth-order valence-corrected chi connectivity index (χ4v) is 1.37. The van der Waals surface area contributed by atoms with Crippen molar-refractivity contribution >= 4 is 11.8 Å². The predicted octanol–water partition coefficient (Wildman–Crippen LogP) is -0.600. The molecule has 1 unspecified atom stereocenters. The maximum Gasteiger partial charge on any atom is 0.242 e. The average molecular weight is 214 g/mol. The number of hydrogen-bond donors (Lipinski definition) is 3. The van der Waals surface area contributed by atoms with Gasteiger partial charge in [0.1, 0.15) is 6.04 Å². The molecule has 1 aliphatic carbocycles. The molecule has 0 radical (unpaired) electrons. The number of nitrogens with one attached hydrogen (secondary N) is 2. The van der Waals surface area contributed by atoms with Crippen LogP contribution in [0.4, 0.5) is 0 Å². The largest absolute Gasteiger partial charge is 0.396 e. The van der Waals surface area contributed by atoms with E-state index in [1.807, 2.05) is 0 Å². The third kappa shape index (κ3) is 3.51. The molecule has 3 N–H and O–H groups in total. The van der Waals surface area contributed by atoms with Gasteiger partial charge >= 0.3 is 0 Å². The van der Waals surface area contributed by atoms with Crippen LogP contribution in [0.1, 0.15) is 26.7 Å². The van der Waals surface area contributed by atoms with Gasteiger partial charge in [0, 0.05) is 18.9 Å². The second kappa shape index (κ2) is 4.61. The number of hydrogen-bond acceptors (Lipinski definition) is 3. The van der Waals surface area contributed by atoms with Gasteiger partial charge in [-0.2, -0.15) is 0 Å². The summed E-state index contributed by atoms with van der Waals surface area (Å²) < 4.78 is 0. The highest BCUT2D eigenvalue weighted by Crippen LogP contribution is 2.44. The van der Waals surface area contributed by atoms with Gasteiger partial charge in [-0.1, -0.05) is 0 Å². The van der Waals surface area contributed by atoms with Crippen molar-refractivity contribution in [1.82, 2.24) is 10.6 Å². The van der Waals surface area contributed by atoms with Crippen molar-refractivity contribution in [3.8, 4) is 0 Å². The molecule has 5 heteroatoms. The Morgan fingerprint density at radius 2 is 2.07 bits per heavy atom. The van der Waals surface area contributed by atoms with E-state index in [0.717, 1.165) is 12.8 Å². The summed E-state index contributed by atoms with van der Waals surface area (Å²) in [6.45, 7) is 3.61. The first-order valence-corrected chi connectivity index (χ1v) is 5.15. The Morgan fingerprint density at radius 1 is 1.47 bits per heavy atom. The molecule has 0 spiro atoms. The lowest BCUT2D eigenvalue weighted by atomic mass is 10.1. The molecule has 0 saturated heterocycles. The fourth-order valence-electron chi connectivity index (χ4n) is 1.37. The molecule has 0 bridgehead atoms. The van der Waals surface area contributed by atoms with Gasteiger partial charge in [-0.3, -0.25) is 9.59 Å². The fraction of sp³-hybridized carbons (Fsp3) is 0.800. The van der Waals surface area contributed by atoms with Crippen molar-refractivity contribution in [3.63, 3.8) is 0 Å². The second-order valence-corrected chi connectivity index (χ2v) is 4.30. The number of rotatable bonds is 5. The summed E-state index contributed by atoms with van der Waals surface area (Å²) in [5.41, 5.74) is -0.0917. The van der Waals surface area contributed by atoms with Gasteiger partial charge in [0.15, 0.2) is 0 Å². The summed E-state index contributed by atoms with van der Waals surface area (Å²) in [6, 6.07) is -0.517. The summed E-state index contributed by atoms with van der Waals surface area (Å²) in [5.74, 6) is -0.425. The SMILES string of the molecule is CC(=O)NC(C)C(=O)NCC1(CO)CC1. The molecule has 1 fully saturated rings. The zero-order valence-corrected chi connectivity index (χ0v) is 9.17. The molecule has 2 amide bonds. The molecular weight excluding hydrogens is 196 g/mol. The molecule has 0 aromatic rings. The Labute approximate surface area is 89.2 Å². The molecule has 1 atom stereocenters. The number of carbonyl (C=O) groups is 2. The molecule has 1 saturated carbocycles. The average Bonchev–Trinajstić information content (AvgIpc) is 2.94. The topological polar surface area (TPSA) is 78.4 Å². The molecule has 15 heavy (non-hydrogen) atoms. The van der Waals surface area contributed by atoms with Crippen molar-refractivity contribution in [2.75, 3.05) is 13.2 Å². The molecule has 0 aromatic carbocycles. The van der Waals surface area contributed by atoms with Crippen LogP contribution in [0.5, 0.6) is 0 Å². The highest BCUT2D eigenvalue weighted by Gasteiger charge is 2.42. The van der Waals surface area contributed by atoms with E-state index in [9.17, 15) is 9.59 Å². The Hall–Kier alpha value is -1.10. The van der Waals surface area contributed by atoms with E-state index < -0.39 is 6.04 Å². The summed E-state index contributed by atoms with van der Waals surface area (Å²) in [6.07, 6.45) is 1.91. The summed E-state index contributed by atoms with van der Waals surface area (Å²) in [5, 5.41) is 14.3. The highest BCUT2D eigenvalue weighted by atomic mass is 16.3. The second-order valence-electron chi connectivity index (χ2n) is 4.30. The minimum Gasteiger partial charge on any atom is -0.396 e. The van der Waals surface area contributed by atoms with Gasteiger partial charge in [0.2, 0.25) is 11.8 Å². The Bertz CT molecular complexity index is 261. The highest BCUT2D eigenvalue weighted by molar-refractivity contribution is 5.86. The van der Waals surface area contributed by atoms with E-state index >= 15 is 0 Å². The molecule has 86 valence electrons. The number of aliphatic hydroxyl groups excluding tert-OH is 1. The first-order chi connectivity index (χ1) is 6.99. The summed E-state index contributed by atoms with van der Waals surface area (Å²) in [7, 11) is 0. The lowest BCUT2D eigenvalue weighted by molar-refractivity contribution is -0.127. The lowest BCUT2D eigenvalue weighted by Crippen LogP contribution is -2.45. The summed E-state index contributed by atoms with van der Waals surface area (Å²) >= 11 is 0. The first kappa shape index (κ1) is 12.0. The summed E-state index contributed by atoms with van der Waals surface area (Å²) in [4.78, 5) is 22.2. The zero-order chi connectivity index (χ0) is 11.5. The van der Waals surface area contributed by atoms with Crippen LogP contribution < -0.4 is 10.6 Å². The molecular formula is C10H18N2O3. The van der Waals surface area contributed by atoms with Gasteiger partial charge in [0.05, 0.1) is 6.61 Å². The third-order valence-electron chi connectivity index (χ3n) is 2.74. The molecule has 0 aromatic heterocycles. The Morgan fingerprint density at radius 3 is 2.47 bits per heavy atom. The van der Waals surface area contributed by atoms with Crippen LogP contribution in [-0.2, 0) is 9.59 Å². The maximum atomic E-state index is 11.5.